The number of hydrogen-bond acceptors (Lipinski definition) is 2. The lowest BCUT2D eigenvalue weighted by molar-refractivity contribution is 0.111. The first-order chi connectivity index (χ1) is 7.22. The van der Waals surface area contributed by atoms with Crippen molar-refractivity contribution in [2.24, 2.45) is 0 Å². The van der Waals surface area contributed by atoms with E-state index in [1.807, 2.05) is 38.1 Å². The second-order valence-corrected chi connectivity index (χ2v) is 3.70. The van der Waals surface area contributed by atoms with Gasteiger partial charge in [-0.1, -0.05) is 18.2 Å². The van der Waals surface area contributed by atoms with Gasteiger partial charge in [-0.3, -0.25) is 4.79 Å². The maximum Gasteiger partial charge on any atom is 0.202 e. The predicted molar refractivity (Wildman–Crippen MR) is 59.5 cm³/mol. The fraction of sp³-hybridized carbons (Fsp3) is 0.250. The number of benzene rings is 1. The Labute approximate surface area is 88.1 Å². The van der Waals surface area contributed by atoms with Crippen LogP contribution in [0.2, 0.25) is 0 Å². The van der Waals surface area contributed by atoms with Crippen LogP contribution in [0.5, 0.6) is 5.88 Å². The molecule has 0 amide bonds. The minimum absolute atomic E-state index is 0.0526. The Morgan fingerprint density at radius 3 is 2.73 bits per heavy atom. The molecule has 0 atom stereocenters. The van der Waals surface area contributed by atoms with Crippen LogP contribution in [0.3, 0.4) is 0 Å². The monoisotopic (exact) mass is 203 g/mol. The lowest BCUT2D eigenvalue weighted by Gasteiger charge is -2.07. The molecular weight excluding hydrogens is 190 g/mol. The molecule has 0 fully saturated rings. The number of carbonyl (C=O) groups excluding carboxylic acids is 1. The van der Waals surface area contributed by atoms with Gasteiger partial charge in [0.25, 0.3) is 0 Å². The molecule has 2 rings (SSSR count). The Balaban J connectivity index is 2.58. The molecule has 3 heteroatoms. The Bertz CT molecular complexity index is 485. The van der Waals surface area contributed by atoms with Crippen LogP contribution in [0, 0.1) is 0 Å². The van der Waals surface area contributed by atoms with Gasteiger partial charge in [-0.2, -0.15) is 0 Å². The Morgan fingerprint density at radius 1 is 1.33 bits per heavy atom. The number of hydrogen-bond donors (Lipinski definition) is 1. The average molecular weight is 203 g/mol. The second-order valence-electron chi connectivity index (χ2n) is 3.70. The average Bonchev–Trinajstić information content (AvgIpc) is 2.53. The van der Waals surface area contributed by atoms with E-state index in [-0.39, 0.29) is 6.10 Å². The molecule has 0 aliphatic heterocycles. The molecule has 1 aromatic carbocycles. The van der Waals surface area contributed by atoms with Crippen molar-refractivity contribution in [1.29, 1.82) is 0 Å². The Morgan fingerprint density at radius 2 is 2.07 bits per heavy atom. The van der Waals surface area contributed by atoms with Crippen molar-refractivity contribution < 1.29 is 9.53 Å². The van der Waals surface area contributed by atoms with Crippen molar-refractivity contribution in [3.05, 3.63) is 29.8 Å². The van der Waals surface area contributed by atoms with Crippen LogP contribution in [0.1, 0.15) is 24.2 Å². The highest BCUT2D eigenvalue weighted by Gasteiger charge is 2.12. The summed E-state index contributed by atoms with van der Waals surface area (Å²) in [7, 11) is 0. The van der Waals surface area contributed by atoms with Crippen molar-refractivity contribution in [3.63, 3.8) is 0 Å². The summed E-state index contributed by atoms with van der Waals surface area (Å²) in [6, 6.07) is 7.66. The fourth-order valence-electron chi connectivity index (χ4n) is 1.58. The van der Waals surface area contributed by atoms with Crippen molar-refractivity contribution in [3.8, 4) is 5.88 Å². The van der Waals surface area contributed by atoms with Gasteiger partial charge in [-0.05, 0) is 19.9 Å². The first-order valence-electron chi connectivity index (χ1n) is 4.95. The van der Waals surface area contributed by atoms with Crippen LogP contribution in [-0.2, 0) is 0 Å². The molecule has 0 aliphatic carbocycles. The molecular formula is C12H13NO2. The standard InChI is InChI=1S/C12H13NO2/c1-8(2)15-12-10(7-14)9-5-3-4-6-11(9)13-12/h3-8,13H,1-2H3. The van der Waals surface area contributed by atoms with E-state index in [4.69, 9.17) is 4.74 Å². The van der Waals surface area contributed by atoms with Gasteiger partial charge < -0.3 is 9.72 Å². The van der Waals surface area contributed by atoms with E-state index in [0.717, 1.165) is 17.2 Å². The number of para-hydroxylation sites is 1. The summed E-state index contributed by atoms with van der Waals surface area (Å²) < 4.78 is 5.53. The summed E-state index contributed by atoms with van der Waals surface area (Å²) in [4.78, 5) is 14.1. The van der Waals surface area contributed by atoms with E-state index in [1.165, 1.54) is 0 Å². The van der Waals surface area contributed by atoms with Crippen LogP contribution in [0.4, 0.5) is 0 Å². The van der Waals surface area contributed by atoms with Crippen LogP contribution in [0.15, 0.2) is 24.3 Å². The molecule has 0 saturated heterocycles. The predicted octanol–water partition coefficient (Wildman–Crippen LogP) is 2.77. The highest BCUT2D eigenvalue weighted by Crippen LogP contribution is 2.26. The van der Waals surface area contributed by atoms with Crippen molar-refractivity contribution >= 4 is 17.2 Å². The van der Waals surface area contributed by atoms with Gasteiger partial charge in [0.05, 0.1) is 11.7 Å². The van der Waals surface area contributed by atoms with Gasteiger partial charge in [0.15, 0.2) is 6.29 Å². The third-order valence-corrected chi connectivity index (χ3v) is 2.18. The normalized spacial score (nSPS) is 10.9. The summed E-state index contributed by atoms with van der Waals surface area (Å²) in [5.74, 6) is 0.557. The number of fused-ring (bicyclic) bond motifs is 1. The van der Waals surface area contributed by atoms with E-state index in [2.05, 4.69) is 4.98 Å². The van der Waals surface area contributed by atoms with E-state index in [0.29, 0.717) is 11.4 Å². The molecule has 0 aliphatic rings. The van der Waals surface area contributed by atoms with Crippen molar-refractivity contribution in [1.82, 2.24) is 4.98 Å². The summed E-state index contributed by atoms with van der Waals surface area (Å²) in [5, 5.41) is 0.906. The lowest BCUT2D eigenvalue weighted by Crippen LogP contribution is -2.07. The number of aldehydes is 1. The van der Waals surface area contributed by atoms with E-state index < -0.39 is 0 Å². The molecule has 1 aromatic heterocycles. The number of rotatable bonds is 3. The largest absolute Gasteiger partial charge is 0.476 e. The second kappa shape index (κ2) is 3.77. The van der Waals surface area contributed by atoms with Gasteiger partial charge in [0, 0.05) is 10.9 Å². The Kier molecular flexibility index (Phi) is 2.46. The number of H-pyrrole nitrogens is 1. The molecule has 3 nitrogen and oxygen atoms in total. The van der Waals surface area contributed by atoms with E-state index >= 15 is 0 Å². The molecule has 0 bridgehead atoms. The van der Waals surface area contributed by atoms with E-state index in [9.17, 15) is 4.79 Å². The van der Waals surface area contributed by atoms with Crippen molar-refractivity contribution in [2.75, 3.05) is 0 Å². The highest BCUT2D eigenvalue weighted by molar-refractivity contribution is 6.00. The smallest absolute Gasteiger partial charge is 0.202 e. The fourth-order valence-corrected chi connectivity index (χ4v) is 1.58. The van der Waals surface area contributed by atoms with Crippen molar-refractivity contribution in [2.45, 2.75) is 20.0 Å². The summed E-state index contributed by atoms with van der Waals surface area (Å²) >= 11 is 0. The summed E-state index contributed by atoms with van der Waals surface area (Å²) in [6.07, 6.45) is 0.882. The van der Waals surface area contributed by atoms with Crippen LogP contribution in [0.25, 0.3) is 10.9 Å². The summed E-state index contributed by atoms with van der Waals surface area (Å²) in [6.45, 7) is 3.86. The van der Waals surface area contributed by atoms with Gasteiger partial charge in [-0.15, -0.1) is 0 Å². The van der Waals surface area contributed by atoms with Gasteiger partial charge >= 0.3 is 0 Å². The van der Waals surface area contributed by atoms with Crippen LogP contribution < -0.4 is 4.74 Å². The Hall–Kier alpha value is -1.77. The third-order valence-electron chi connectivity index (χ3n) is 2.18. The van der Waals surface area contributed by atoms with Gasteiger partial charge in [0.2, 0.25) is 5.88 Å². The summed E-state index contributed by atoms with van der Waals surface area (Å²) in [5.41, 5.74) is 1.52. The first-order valence-corrected chi connectivity index (χ1v) is 4.95. The molecule has 78 valence electrons. The maximum atomic E-state index is 11.0. The minimum atomic E-state index is 0.0526. The number of aromatic amines is 1. The lowest BCUT2D eigenvalue weighted by atomic mass is 10.2. The molecule has 0 unspecified atom stereocenters. The van der Waals surface area contributed by atoms with E-state index in [1.54, 1.807) is 0 Å². The minimum Gasteiger partial charge on any atom is -0.476 e. The zero-order chi connectivity index (χ0) is 10.8. The quantitative estimate of drug-likeness (QED) is 0.779. The molecule has 2 aromatic rings. The number of nitrogens with one attached hydrogen (secondary N) is 1. The first kappa shape index (κ1) is 9.77. The zero-order valence-corrected chi connectivity index (χ0v) is 8.78. The molecule has 1 heterocycles. The maximum absolute atomic E-state index is 11.0. The van der Waals surface area contributed by atoms with Gasteiger partial charge in [0.1, 0.15) is 0 Å². The zero-order valence-electron chi connectivity index (χ0n) is 8.78. The number of ether oxygens (including phenoxy) is 1. The van der Waals surface area contributed by atoms with Crippen LogP contribution in [-0.4, -0.2) is 17.4 Å². The molecule has 1 N–H and O–H groups in total. The van der Waals surface area contributed by atoms with Gasteiger partial charge in [-0.25, -0.2) is 0 Å². The topological polar surface area (TPSA) is 42.1 Å². The third kappa shape index (κ3) is 1.73. The molecule has 15 heavy (non-hydrogen) atoms. The molecule has 0 spiro atoms. The number of carbonyl (C=O) groups is 1. The highest BCUT2D eigenvalue weighted by atomic mass is 16.5. The molecule has 0 saturated carbocycles. The molecule has 0 radical (unpaired) electrons. The number of aromatic nitrogens is 1. The van der Waals surface area contributed by atoms with Crippen LogP contribution >= 0.6 is 0 Å². The SMILES string of the molecule is CC(C)Oc1[nH]c2ccccc2c1C=O.